The van der Waals surface area contributed by atoms with E-state index in [1.807, 2.05) is 6.92 Å². The highest BCUT2D eigenvalue weighted by Gasteiger charge is 2.23. The molecule has 7 nitrogen and oxygen atoms in total. The molecule has 1 aromatic carbocycles. The van der Waals surface area contributed by atoms with E-state index in [0.29, 0.717) is 24.0 Å². The number of carbonyl (C=O) groups excluding carboxylic acids is 1. The van der Waals surface area contributed by atoms with Gasteiger partial charge < -0.3 is 15.5 Å². The molecule has 2 rings (SSSR count). The fourth-order valence-corrected chi connectivity index (χ4v) is 2.03. The molecule has 21 heavy (non-hydrogen) atoms. The number of amides is 1. The maximum atomic E-state index is 11.8. The van der Waals surface area contributed by atoms with Gasteiger partial charge in [0.2, 0.25) is 5.91 Å². The molecule has 0 bridgehead atoms. The molecule has 0 unspecified atom stereocenters. The van der Waals surface area contributed by atoms with Crippen molar-refractivity contribution in [2.45, 2.75) is 25.8 Å². The summed E-state index contributed by atoms with van der Waals surface area (Å²) in [4.78, 5) is 24.1. The number of carbonyl (C=O) groups is 1. The molecule has 0 heterocycles. The van der Waals surface area contributed by atoms with E-state index in [1.165, 1.54) is 12.1 Å². The minimum absolute atomic E-state index is 0.0119. The summed E-state index contributed by atoms with van der Waals surface area (Å²) in [6, 6.07) is 5.09. The zero-order valence-electron chi connectivity index (χ0n) is 12.3. The van der Waals surface area contributed by atoms with Gasteiger partial charge in [0.1, 0.15) is 0 Å². The smallest absolute Gasteiger partial charge is 0.273 e. The largest absolute Gasteiger partial charge is 0.385 e. The van der Waals surface area contributed by atoms with Crippen molar-refractivity contribution in [1.82, 2.24) is 5.32 Å². The molecule has 1 saturated carbocycles. The fourth-order valence-electron chi connectivity index (χ4n) is 2.03. The van der Waals surface area contributed by atoms with Crippen LogP contribution in [0.15, 0.2) is 18.2 Å². The number of likely N-dealkylation sites (N-methyl/N-ethyl adjacent to an activating group) is 1. The minimum Gasteiger partial charge on any atom is -0.385 e. The lowest BCUT2D eigenvalue weighted by atomic mass is 10.2. The standard InChI is InChI=1S/C14H20N4O3/c1-3-15-11-6-12(8-13(7-11)18(20)21)17(2)9-14(19)16-10-4-5-10/h6-8,10,15H,3-5,9H2,1-2H3,(H,16,19). The lowest BCUT2D eigenvalue weighted by Crippen LogP contribution is -2.36. The fraction of sp³-hybridized carbons (Fsp3) is 0.500. The van der Waals surface area contributed by atoms with Crippen LogP contribution in [-0.2, 0) is 4.79 Å². The maximum absolute atomic E-state index is 11.8. The summed E-state index contributed by atoms with van der Waals surface area (Å²) < 4.78 is 0. The lowest BCUT2D eigenvalue weighted by molar-refractivity contribution is -0.384. The summed E-state index contributed by atoms with van der Waals surface area (Å²) in [6.07, 6.45) is 2.08. The van der Waals surface area contributed by atoms with Crippen LogP contribution in [0.1, 0.15) is 19.8 Å². The van der Waals surface area contributed by atoms with Gasteiger partial charge in [-0.3, -0.25) is 14.9 Å². The molecule has 0 aliphatic heterocycles. The number of anilines is 2. The topological polar surface area (TPSA) is 87.5 Å². The molecule has 0 saturated heterocycles. The monoisotopic (exact) mass is 292 g/mol. The van der Waals surface area contributed by atoms with Crippen LogP contribution in [0.4, 0.5) is 17.1 Å². The Kier molecular flexibility index (Phi) is 4.62. The second kappa shape index (κ2) is 6.43. The molecular formula is C14H20N4O3. The molecule has 1 fully saturated rings. The van der Waals surface area contributed by atoms with Crippen LogP contribution < -0.4 is 15.5 Å². The van der Waals surface area contributed by atoms with Gasteiger partial charge in [-0.05, 0) is 25.8 Å². The van der Waals surface area contributed by atoms with Crippen molar-refractivity contribution in [3.63, 3.8) is 0 Å². The zero-order valence-corrected chi connectivity index (χ0v) is 12.3. The highest BCUT2D eigenvalue weighted by Crippen LogP contribution is 2.26. The first-order valence-electron chi connectivity index (χ1n) is 7.03. The molecule has 2 N–H and O–H groups in total. The number of hydrogen-bond acceptors (Lipinski definition) is 5. The average Bonchev–Trinajstić information content (AvgIpc) is 3.22. The molecular weight excluding hydrogens is 272 g/mol. The Labute approximate surface area is 123 Å². The van der Waals surface area contributed by atoms with Crippen molar-refractivity contribution < 1.29 is 9.72 Å². The molecule has 0 aromatic heterocycles. The van der Waals surface area contributed by atoms with Crippen molar-refractivity contribution >= 4 is 23.0 Å². The van der Waals surface area contributed by atoms with Gasteiger partial charge in [-0.1, -0.05) is 0 Å². The summed E-state index contributed by atoms with van der Waals surface area (Å²) in [5.41, 5.74) is 1.33. The number of nitro benzene ring substituents is 1. The summed E-state index contributed by atoms with van der Waals surface area (Å²) in [5.74, 6) is -0.0588. The van der Waals surface area contributed by atoms with Crippen molar-refractivity contribution in [2.75, 3.05) is 30.4 Å². The third-order valence-electron chi connectivity index (χ3n) is 3.26. The maximum Gasteiger partial charge on any atom is 0.273 e. The van der Waals surface area contributed by atoms with Crippen molar-refractivity contribution in [2.24, 2.45) is 0 Å². The number of rotatable bonds is 7. The predicted octanol–water partition coefficient (Wildman–Crippen LogP) is 1.74. The van der Waals surface area contributed by atoms with Crippen LogP contribution in [0.25, 0.3) is 0 Å². The quantitative estimate of drug-likeness (QED) is 0.590. The molecule has 1 aromatic rings. The Bertz CT molecular complexity index is 543. The molecule has 1 aliphatic carbocycles. The number of non-ortho nitro benzene ring substituents is 1. The molecule has 0 atom stereocenters. The third kappa shape index (κ3) is 4.34. The van der Waals surface area contributed by atoms with Crippen molar-refractivity contribution in [3.8, 4) is 0 Å². The average molecular weight is 292 g/mol. The van der Waals surface area contributed by atoms with E-state index in [9.17, 15) is 14.9 Å². The van der Waals surface area contributed by atoms with Crippen LogP contribution in [0.5, 0.6) is 0 Å². The molecule has 114 valence electrons. The minimum atomic E-state index is -0.428. The predicted molar refractivity (Wildman–Crippen MR) is 81.7 cm³/mol. The van der Waals surface area contributed by atoms with Crippen LogP contribution in [-0.4, -0.2) is 37.0 Å². The Morgan fingerprint density at radius 1 is 1.43 bits per heavy atom. The van der Waals surface area contributed by atoms with Crippen LogP contribution >= 0.6 is 0 Å². The lowest BCUT2D eigenvalue weighted by Gasteiger charge is -2.19. The molecule has 0 radical (unpaired) electrons. The number of benzene rings is 1. The number of nitro groups is 1. The van der Waals surface area contributed by atoms with E-state index in [4.69, 9.17) is 0 Å². The third-order valence-corrected chi connectivity index (χ3v) is 3.26. The van der Waals surface area contributed by atoms with Crippen LogP contribution in [0, 0.1) is 10.1 Å². The van der Waals surface area contributed by atoms with E-state index < -0.39 is 4.92 Å². The normalized spacial score (nSPS) is 13.6. The van der Waals surface area contributed by atoms with Crippen molar-refractivity contribution in [3.05, 3.63) is 28.3 Å². The summed E-state index contributed by atoms with van der Waals surface area (Å²) >= 11 is 0. The first kappa shape index (κ1) is 15.1. The van der Waals surface area contributed by atoms with Gasteiger partial charge >= 0.3 is 0 Å². The Balaban J connectivity index is 2.11. The molecule has 0 spiro atoms. The first-order chi connectivity index (χ1) is 9.99. The highest BCUT2D eigenvalue weighted by atomic mass is 16.6. The van der Waals surface area contributed by atoms with E-state index in [1.54, 1.807) is 18.0 Å². The van der Waals surface area contributed by atoms with Gasteiger partial charge in [0.15, 0.2) is 0 Å². The Morgan fingerprint density at radius 3 is 2.71 bits per heavy atom. The Hall–Kier alpha value is -2.31. The molecule has 1 amide bonds. The van der Waals surface area contributed by atoms with Gasteiger partial charge in [-0.2, -0.15) is 0 Å². The zero-order chi connectivity index (χ0) is 15.4. The van der Waals surface area contributed by atoms with Gasteiger partial charge in [0.25, 0.3) is 5.69 Å². The molecule has 7 heteroatoms. The van der Waals surface area contributed by atoms with Crippen molar-refractivity contribution in [1.29, 1.82) is 0 Å². The first-order valence-corrected chi connectivity index (χ1v) is 7.03. The van der Waals surface area contributed by atoms with Gasteiger partial charge in [-0.15, -0.1) is 0 Å². The van der Waals surface area contributed by atoms with Crippen LogP contribution in [0.2, 0.25) is 0 Å². The van der Waals surface area contributed by atoms with Crippen LogP contribution in [0.3, 0.4) is 0 Å². The number of nitrogens with zero attached hydrogens (tertiary/aromatic N) is 2. The number of nitrogens with one attached hydrogen (secondary N) is 2. The second-order valence-corrected chi connectivity index (χ2v) is 5.22. The van der Waals surface area contributed by atoms with Gasteiger partial charge in [0.05, 0.1) is 11.5 Å². The highest BCUT2D eigenvalue weighted by molar-refractivity contribution is 5.82. The summed E-state index contributed by atoms with van der Waals surface area (Å²) in [5, 5.41) is 17.0. The van der Waals surface area contributed by atoms with Gasteiger partial charge in [-0.25, -0.2) is 0 Å². The summed E-state index contributed by atoms with van der Waals surface area (Å²) in [6.45, 7) is 2.78. The molecule has 1 aliphatic rings. The second-order valence-electron chi connectivity index (χ2n) is 5.22. The van der Waals surface area contributed by atoms with E-state index in [0.717, 1.165) is 12.8 Å². The van der Waals surface area contributed by atoms with Gasteiger partial charge in [0, 0.05) is 43.1 Å². The van der Waals surface area contributed by atoms with E-state index >= 15 is 0 Å². The van der Waals surface area contributed by atoms with E-state index in [-0.39, 0.29) is 18.1 Å². The van der Waals surface area contributed by atoms with E-state index in [2.05, 4.69) is 10.6 Å². The number of hydrogen-bond donors (Lipinski definition) is 2. The SMILES string of the molecule is CCNc1cc(N(C)CC(=O)NC2CC2)cc([N+](=O)[O-])c1. The Morgan fingerprint density at radius 2 is 2.14 bits per heavy atom. The summed E-state index contributed by atoms with van der Waals surface area (Å²) in [7, 11) is 1.75.